The van der Waals surface area contributed by atoms with E-state index in [1.165, 1.54) is 103 Å². The summed E-state index contributed by atoms with van der Waals surface area (Å²) in [6, 6.07) is -4.81. The highest BCUT2D eigenvalue weighted by atomic mass is 16.8. The van der Waals surface area contributed by atoms with Gasteiger partial charge in [-0.3, -0.25) is 14.4 Å². The number of aliphatic hydroxyl groups is 16. The number of amides is 3. The van der Waals surface area contributed by atoms with Gasteiger partial charge in [0.1, 0.15) is 116 Å². The van der Waals surface area contributed by atoms with Crippen LogP contribution in [0.3, 0.4) is 0 Å². The van der Waals surface area contributed by atoms with Crippen LogP contribution in [-0.4, -0.2) is 321 Å². The molecule has 107 heavy (non-hydrogen) atoms. The molecule has 0 spiro atoms. The number of hydrogen-bond acceptors (Lipinski definition) is 30. The third-order valence-electron chi connectivity index (χ3n) is 20.6. The Kier molecular flexibility index (Phi) is 44.0. The van der Waals surface area contributed by atoms with Crippen molar-refractivity contribution in [2.75, 3.05) is 39.6 Å². The van der Waals surface area contributed by atoms with E-state index >= 15 is 0 Å². The van der Waals surface area contributed by atoms with E-state index in [-0.39, 0.29) is 12.3 Å². The predicted octanol–water partition coefficient (Wildman–Crippen LogP) is -1.04. The Bertz CT molecular complexity index is 2500. The van der Waals surface area contributed by atoms with Gasteiger partial charge < -0.3 is 150 Å². The molecule has 5 aliphatic rings. The summed E-state index contributed by atoms with van der Waals surface area (Å²) in [7, 11) is 0. The van der Waals surface area contributed by atoms with Gasteiger partial charge in [0.2, 0.25) is 17.7 Å². The van der Waals surface area contributed by atoms with Crippen LogP contribution in [0, 0.1) is 0 Å². The van der Waals surface area contributed by atoms with Crippen LogP contribution in [0.25, 0.3) is 0 Å². The maximum absolute atomic E-state index is 13.8. The van der Waals surface area contributed by atoms with E-state index < -0.39 is 235 Å². The van der Waals surface area contributed by atoms with Gasteiger partial charge >= 0.3 is 5.97 Å². The van der Waals surface area contributed by atoms with E-state index in [2.05, 4.69) is 29.8 Å². The fourth-order valence-corrected chi connectivity index (χ4v) is 14.3. The number of unbranched alkanes of at least 4 members (excludes halogenated alkanes) is 25. The first-order valence-electron chi connectivity index (χ1n) is 39.1. The van der Waals surface area contributed by atoms with E-state index in [4.69, 9.17) is 47.4 Å². The minimum Gasteiger partial charge on any atom is -0.477 e. The Morgan fingerprint density at radius 2 is 0.925 bits per heavy atom. The largest absolute Gasteiger partial charge is 0.477 e. The maximum Gasteiger partial charge on any atom is 0.364 e. The summed E-state index contributed by atoms with van der Waals surface area (Å²) < 4.78 is 60.1. The summed E-state index contributed by atoms with van der Waals surface area (Å²) in [5.74, 6) is -7.71. The molecule has 0 aliphatic carbocycles. The molecule has 0 saturated carbocycles. The van der Waals surface area contributed by atoms with Crippen molar-refractivity contribution in [3.63, 3.8) is 0 Å². The number of aliphatic hydroxyl groups excluding tert-OH is 16. The van der Waals surface area contributed by atoms with Crippen molar-refractivity contribution in [3.8, 4) is 0 Å². The third-order valence-corrected chi connectivity index (χ3v) is 20.6. The fourth-order valence-electron chi connectivity index (χ4n) is 14.3. The average Bonchev–Trinajstić information content (AvgIpc) is 0.750. The van der Waals surface area contributed by atoms with Crippen molar-refractivity contribution in [2.24, 2.45) is 0 Å². The summed E-state index contributed by atoms with van der Waals surface area (Å²) in [4.78, 5) is 53.0. The lowest BCUT2D eigenvalue weighted by molar-refractivity contribution is -0.403. The van der Waals surface area contributed by atoms with Gasteiger partial charge in [-0.05, 0) is 19.3 Å². The van der Waals surface area contributed by atoms with Gasteiger partial charge in [0.05, 0.1) is 63.9 Å². The number of carbonyl (C=O) groups is 4. The lowest BCUT2D eigenvalue weighted by atomic mass is 9.88. The molecule has 5 rings (SSSR count). The number of rotatable bonds is 52. The van der Waals surface area contributed by atoms with Crippen LogP contribution in [0.15, 0.2) is 12.2 Å². The molecular weight excluding hydrogens is 1410 g/mol. The van der Waals surface area contributed by atoms with Crippen molar-refractivity contribution in [3.05, 3.63) is 12.2 Å². The smallest absolute Gasteiger partial charge is 0.364 e. The molecule has 28 atom stereocenters. The average molecular weight is 1550 g/mol. The van der Waals surface area contributed by atoms with E-state index in [1.54, 1.807) is 6.08 Å². The van der Waals surface area contributed by atoms with Gasteiger partial charge in [-0.15, -0.1) is 0 Å². The van der Waals surface area contributed by atoms with Gasteiger partial charge in [0.15, 0.2) is 25.2 Å². The third kappa shape index (κ3) is 29.2. The number of nitrogens with one attached hydrogen (secondary N) is 3. The Labute approximate surface area is 627 Å². The van der Waals surface area contributed by atoms with Crippen LogP contribution in [0.4, 0.5) is 0 Å². The molecule has 5 heterocycles. The minimum atomic E-state index is -3.38. The molecule has 5 aliphatic heterocycles. The summed E-state index contributed by atoms with van der Waals surface area (Å²) in [6.45, 7) is 0.317. The molecule has 624 valence electrons. The lowest BCUT2D eigenvalue weighted by Crippen LogP contribution is -2.72. The molecule has 34 heteroatoms. The number of ether oxygens (including phenoxy) is 10. The normalized spacial score (nSPS) is 34.6. The summed E-state index contributed by atoms with van der Waals surface area (Å²) in [6.07, 6.45) is -16.8. The first-order chi connectivity index (χ1) is 51.3. The van der Waals surface area contributed by atoms with E-state index in [1.807, 2.05) is 6.08 Å². The molecule has 34 nitrogen and oxygen atoms in total. The van der Waals surface area contributed by atoms with Gasteiger partial charge in [-0.2, -0.15) is 0 Å². The Morgan fingerprint density at radius 3 is 1.44 bits per heavy atom. The van der Waals surface area contributed by atoms with Crippen molar-refractivity contribution >= 4 is 23.7 Å². The maximum atomic E-state index is 13.8. The summed E-state index contributed by atoms with van der Waals surface area (Å²) in [5.41, 5.74) is 0. The standard InChI is InChI=1S/C73H131N3O31/c1-5-7-9-11-13-15-17-19-20-22-24-26-28-30-32-34-52(87)76-44(45(84)33-31-29-27-25-23-21-18-16-14-12-10-8-6-2)41-98-69-61(94)59(92)63(50(39-80)101-69)103-71-62(95)67(107-73(72(96)97)35-46(85)53(74-42(3)82)66(106-73)55(88)47(86)36-77)64(51(40-81)102-71)104-68-54(75-43(4)83)65(57(90)49(38-79)99-68)105-70-60(93)58(91)56(89)48(37-78)100-70/h31,33,44-51,53-71,77-81,84-86,88-95H,5-30,32,34-41H2,1-4H3,(H,74,82)(H,75,83)(H,76,87)(H,96,97)/b33-31+/t44-,45+,46-,47+,48+,49+,50+,51+,53+,54+,55-,56-,57-,58-,59+,60+,61+,62+,63+,64-,65+,66-,67+,68-,69+,70-,71-,73-/m0/s1. The van der Waals surface area contributed by atoms with Gasteiger partial charge in [0, 0.05) is 26.7 Å². The number of aliphatic carboxylic acids is 1. The molecule has 0 aromatic heterocycles. The number of hydrogen-bond donors (Lipinski definition) is 20. The van der Waals surface area contributed by atoms with Crippen LogP contribution in [0.2, 0.25) is 0 Å². The number of carboxylic acids is 1. The monoisotopic (exact) mass is 1550 g/mol. The second-order valence-corrected chi connectivity index (χ2v) is 29.3. The molecular formula is C73H131N3O31. The number of carbonyl (C=O) groups excluding carboxylic acids is 3. The first-order valence-corrected chi connectivity index (χ1v) is 39.1. The molecule has 0 aromatic rings. The van der Waals surface area contributed by atoms with E-state index in [0.717, 1.165) is 71.6 Å². The topological polar surface area (TPSA) is 541 Å². The zero-order chi connectivity index (χ0) is 78.8. The SMILES string of the molecule is CCCCCCCCCCCCC/C=C/[C@@H](O)[C@H](CO[C@@H]1O[C@H](CO)[C@@H](O[C@@H]2O[C@H](CO)[C@H](O[C@@H]3O[C@H](CO)[C@H](O)[C@H](O[C@@H]4O[C@H](CO)[C@H](O)[C@H](O)[C@H]4O)[C@H]3NC(C)=O)[C@H](O[C@]3(C(=O)O)C[C@H](O)[C@@H](NC(C)=O)[C@@H]([C@@H](O)[C@H](O)CO)O3)[C@H]2O)[C@H](O)[C@H]1O)NC(=O)CCCCCCCCCCCCCCCCC. The molecule has 20 N–H and O–H groups in total. The first kappa shape index (κ1) is 94.2. The van der Waals surface area contributed by atoms with Crippen LogP contribution >= 0.6 is 0 Å². The second kappa shape index (κ2) is 49.9. The lowest BCUT2D eigenvalue weighted by Gasteiger charge is -2.52. The molecule has 5 fully saturated rings. The molecule has 0 radical (unpaired) electrons. The van der Waals surface area contributed by atoms with Crippen LogP contribution in [0.1, 0.15) is 214 Å². The highest BCUT2D eigenvalue weighted by Crippen LogP contribution is 2.41. The van der Waals surface area contributed by atoms with Crippen molar-refractivity contribution < 1.29 is 153 Å². The van der Waals surface area contributed by atoms with Gasteiger partial charge in [0.25, 0.3) is 5.79 Å². The molecule has 0 aromatic carbocycles. The zero-order valence-electron chi connectivity index (χ0n) is 62.8. The molecule has 0 unspecified atom stereocenters. The Balaban J connectivity index is 1.40. The minimum absolute atomic E-state index is 0.135. The Hall–Kier alpha value is -3.42. The molecule has 5 saturated heterocycles. The van der Waals surface area contributed by atoms with Crippen LogP contribution < -0.4 is 16.0 Å². The van der Waals surface area contributed by atoms with Crippen LogP contribution in [0.5, 0.6) is 0 Å². The quantitative estimate of drug-likeness (QED) is 0.0255. The number of carboxylic acid groups (broad SMARTS) is 1. The van der Waals surface area contributed by atoms with Gasteiger partial charge in [-0.1, -0.05) is 180 Å². The highest BCUT2D eigenvalue weighted by molar-refractivity contribution is 5.77. The number of allylic oxidation sites excluding steroid dienone is 1. The molecule has 0 bridgehead atoms. The highest BCUT2D eigenvalue weighted by Gasteiger charge is 2.62. The molecule has 3 amide bonds. The van der Waals surface area contributed by atoms with Gasteiger partial charge in [-0.25, -0.2) is 4.79 Å². The fraction of sp³-hybridized carbons (Fsp3) is 0.918. The van der Waals surface area contributed by atoms with Crippen molar-refractivity contribution in [1.29, 1.82) is 0 Å². The summed E-state index contributed by atoms with van der Waals surface area (Å²) >= 11 is 0. The second-order valence-electron chi connectivity index (χ2n) is 29.3. The summed E-state index contributed by atoms with van der Waals surface area (Å²) in [5, 5.41) is 197. The zero-order valence-corrected chi connectivity index (χ0v) is 62.8. The Morgan fingerprint density at radius 1 is 0.486 bits per heavy atom. The van der Waals surface area contributed by atoms with Crippen molar-refractivity contribution in [1.82, 2.24) is 16.0 Å². The van der Waals surface area contributed by atoms with Crippen LogP contribution in [-0.2, 0) is 66.5 Å². The predicted molar refractivity (Wildman–Crippen MR) is 378 cm³/mol. The van der Waals surface area contributed by atoms with E-state index in [9.17, 15) is 106 Å². The van der Waals surface area contributed by atoms with E-state index in [0.29, 0.717) is 12.8 Å². The van der Waals surface area contributed by atoms with Crippen molar-refractivity contribution in [2.45, 2.75) is 385 Å².